The molecule has 2 aromatic carbocycles. The van der Waals surface area contributed by atoms with Crippen molar-refractivity contribution in [2.75, 3.05) is 77.5 Å². The van der Waals surface area contributed by atoms with E-state index in [1.807, 2.05) is 6.07 Å². The van der Waals surface area contributed by atoms with Crippen LogP contribution in [0.5, 0.6) is 0 Å². The molecule has 0 spiro atoms. The van der Waals surface area contributed by atoms with Gasteiger partial charge in [-0.05, 0) is 125 Å². The Kier molecular flexibility index (Phi) is 10.8. The van der Waals surface area contributed by atoms with Crippen LogP contribution in [0, 0.1) is 29.5 Å². The van der Waals surface area contributed by atoms with Gasteiger partial charge in [0.2, 0.25) is 0 Å². The van der Waals surface area contributed by atoms with Crippen molar-refractivity contribution < 1.29 is 32.2 Å². The number of sulfone groups is 1. The van der Waals surface area contributed by atoms with Crippen LogP contribution in [0.3, 0.4) is 0 Å². The van der Waals surface area contributed by atoms with E-state index in [1.165, 1.54) is 18.1 Å². The molecule has 5 aliphatic rings. The zero-order valence-corrected chi connectivity index (χ0v) is 31.6. The Morgan fingerprint density at radius 3 is 2.34 bits per heavy atom. The van der Waals surface area contributed by atoms with E-state index in [9.17, 15) is 27.5 Å². The summed E-state index contributed by atoms with van der Waals surface area (Å²) >= 11 is 0. The van der Waals surface area contributed by atoms with Gasteiger partial charge in [-0.25, -0.2) is 17.6 Å². The fraction of sp³-hybridized carbons (Fsp3) is 0.600. The minimum atomic E-state index is -3.57. The molecule has 13 heteroatoms. The Morgan fingerprint density at radius 1 is 1.00 bits per heavy atom. The van der Waals surface area contributed by atoms with Gasteiger partial charge in [-0.2, -0.15) is 0 Å². The number of ether oxygens (including phenoxy) is 1. The minimum absolute atomic E-state index is 0.0546. The third-order valence-electron chi connectivity index (χ3n) is 12.6. The Bertz CT molecular complexity index is 1830. The molecule has 2 amide bonds. The number of amides is 2. The number of anilines is 1. The summed E-state index contributed by atoms with van der Waals surface area (Å²) in [7, 11) is -2.18. The van der Waals surface area contributed by atoms with Crippen LogP contribution in [0.1, 0.15) is 51.0 Å². The molecule has 4 aliphatic heterocycles. The molecule has 286 valence electrons. The van der Waals surface area contributed by atoms with Crippen LogP contribution >= 0.6 is 0 Å². The van der Waals surface area contributed by atoms with Crippen LogP contribution < -0.4 is 10.2 Å². The van der Waals surface area contributed by atoms with Crippen molar-refractivity contribution in [2.45, 2.75) is 72.7 Å². The van der Waals surface area contributed by atoms with E-state index >= 15 is 0 Å². The van der Waals surface area contributed by atoms with Crippen molar-refractivity contribution >= 4 is 27.5 Å². The number of halogens is 1. The van der Waals surface area contributed by atoms with Gasteiger partial charge in [0, 0.05) is 56.4 Å². The van der Waals surface area contributed by atoms with Gasteiger partial charge in [-0.15, -0.1) is 0 Å². The summed E-state index contributed by atoms with van der Waals surface area (Å²) in [6, 6.07) is 13.9. The van der Waals surface area contributed by atoms with E-state index in [4.69, 9.17) is 4.74 Å². The number of hydrogen-bond acceptors (Lipinski definition) is 9. The summed E-state index contributed by atoms with van der Waals surface area (Å²) < 4.78 is 46.3. The van der Waals surface area contributed by atoms with Crippen LogP contribution in [0.4, 0.5) is 14.9 Å². The molecule has 53 heavy (non-hydrogen) atoms. The first-order valence-electron chi connectivity index (χ1n) is 19.0. The van der Waals surface area contributed by atoms with Crippen molar-refractivity contribution in [3.63, 3.8) is 0 Å². The zero-order valence-electron chi connectivity index (χ0n) is 30.8. The van der Waals surface area contributed by atoms with Crippen molar-refractivity contribution in [3.8, 4) is 11.8 Å². The molecule has 2 aromatic rings. The summed E-state index contributed by atoms with van der Waals surface area (Å²) in [5.74, 6) is 4.82. The third-order valence-corrected chi connectivity index (χ3v) is 14.7. The molecular formula is C40H52FN5O6S. The van der Waals surface area contributed by atoms with Crippen molar-refractivity contribution in [2.24, 2.45) is 11.8 Å². The number of nitrogens with one attached hydrogen (secondary N) is 1. The number of alkyl carbamates (subject to hydrolysis) is 1. The maximum atomic E-state index is 15.0. The maximum absolute atomic E-state index is 15.0. The fourth-order valence-electron chi connectivity index (χ4n) is 9.73. The second-order valence-corrected chi connectivity index (χ2v) is 18.1. The van der Waals surface area contributed by atoms with Gasteiger partial charge in [0.15, 0.2) is 9.84 Å². The summed E-state index contributed by atoms with van der Waals surface area (Å²) in [6.45, 7) is 7.80. The number of rotatable bonds is 11. The number of methoxy groups -OCH3 is 1. The number of carbonyl (C=O) groups is 2. The van der Waals surface area contributed by atoms with Crippen molar-refractivity contribution in [3.05, 3.63) is 59.9 Å². The number of aliphatic hydroxyl groups is 1. The monoisotopic (exact) mass is 749 g/mol. The lowest BCUT2D eigenvalue weighted by Gasteiger charge is -2.55. The molecule has 0 unspecified atom stereocenters. The standard InChI is InChI=1S/C40H52FN5O6S/c1-3-7-37(47)45-23-34(24-45)53(50,51)33-14-12-32(13-15-33)46-26-39(49,27-46)25-44-20-16-29(17-21-44)40(28-43-18-6-19-43,30-8-4-9-31(41)22-30)35-10-5-11-36(35)42-38(48)52-2/h4,8-9,12-15,22,29,34-36,49H,5-6,10-11,16-21,23-28H2,1-2H3,(H,42,48)/t35-,36-,40-/m0/s1. The van der Waals surface area contributed by atoms with E-state index in [-0.39, 0.29) is 53.0 Å². The van der Waals surface area contributed by atoms with Crippen LogP contribution in [-0.4, -0.2) is 130 Å². The molecule has 1 aliphatic carbocycles. The number of hydrogen-bond donors (Lipinski definition) is 2. The Hall–Kier alpha value is -3.70. The van der Waals surface area contributed by atoms with Gasteiger partial charge < -0.3 is 34.8 Å². The molecule has 2 N–H and O–H groups in total. The van der Waals surface area contributed by atoms with E-state index in [0.717, 1.165) is 82.5 Å². The summed E-state index contributed by atoms with van der Waals surface area (Å²) in [4.78, 5) is 33.0. The maximum Gasteiger partial charge on any atom is 0.407 e. The van der Waals surface area contributed by atoms with E-state index < -0.39 is 26.8 Å². The topological polar surface area (TPSA) is 123 Å². The highest BCUT2D eigenvalue weighted by Crippen LogP contribution is 2.51. The molecule has 11 nitrogen and oxygen atoms in total. The van der Waals surface area contributed by atoms with Crippen LogP contribution in [0.2, 0.25) is 0 Å². The highest BCUT2D eigenvalue weighted by atomic mass is 32.2. The van der Waals surface area contributed by atoms with Gasteiger partial charge in [0.25, 0.3) is 5.91 Å². The van der Waals surface area contributed by atoms with Gasteiger partial charge >= 0.3 is 6.09 Å². The molecule has 1 saturated carbocycles. The fourth-order valence-corrected chi connectivity index (χ4v) is 11.4. The number of benzene rings is 2. The van der Waals surface area contributed by atoms with Crippen LogP contribution in [0.25, 0.3) is 0 Å². The quantitative estimate of drug-likeness (QED) is 0.334. The molecule has 0 bridgehead atoms. The minimum Gasteiger partial charge on any atom is -0.453 e. The van der Waals surface area contributed by atoms with E-state index in [2.05, 4.69) is 37.9 Å². The molecule has 3 atom stereocenters. The lowest BCUT2D eigenvalue weighted by molar-refractivity contribution is -0.128. The molecule has 5 fully saturated rings. The predicted octanol–water partition coefficient (Wildman–Crippen LogP) is 3.27. The molecule has 4 saturated heterocycles. The molecule has 7 rings (SSSR count). The average molecular weight is 750 g/mol. The molecule has 0 aromatic heterocycles. The number of nitrogens with zero attached hydrogens (tertiary/aromatic N) is 4. The first kappa shape index (κ1) is 37.6. The van der Waals surface area contributed by atoms with Crippen molar-refractivity contribution in [1.29, 1.82) is 0 Å². The van der Waals surface area contributed by atoms with Crippen LogP contribution in [-0.2, 0) is 24.8 Å². The van der Waals surface area contributed by atoms with Gasteiger partial charge in [0.05, 0.1) is 12.0 Å². The second kappa shape index (κ2) is 15.2. The summed E-state index contributed by atoms with van der Waals surface area (Å²) in [5, 5.41) is 14.1. The normalized spacial score (nSPS) is 24.9. The lowest BCUT2D eigenvalue weighted by Crippen LogP contribution is -2.67. The molecular weight excluding hydrogens is 698 g/mol. The second-order valence-electron chi connectivity index (χ2n) is 15.8. The van der Waals surface area contributed by atoms with Gasteiger partial charge in [0.1, 0.15) is 16.7 Å². The number of β-amino-alcohol motifs (C(OH)–C–C–N with tert-alkyl or cyclic N) is 1. The van der Waals surface area contributed by atoms with E-state index in [0.29, 0.717) is 19.6 Å². The lowest BCUT2D eigenvalue weighted by atomic mass is 9.57. The smallest absolute Gasteiger partial charge is 0.407 e. The average Bonchev–Trinajstić information content (AvgIpc) is 3.55. The molecule has 4 heterocycles. The first-order valence-corrected chi connectivity index (χ1v) is 20.6. The summed E-state index contributed by atoms with van der Waals surface area (Å²) in [6.07, 6.45) is 5.36. The highest BCUT2D eigenvalue weighted by molar-refractivity contribution is 7.92. The first-order chi connectivity index (χ1) is 25.4. The third kappa shape index (κ3) is 7.53. The van der Waals surface area contributed by atoms with Gasteiger partial charge in [-0.1, -0.05) is 24.5 Å². The largest absolute Gasteiger partial charge is 0.453 e. The Balaban J connectivity index is 0.994. The Labute approximate surface area is 312 Å². The Morgan fingerprint density at radius 2 is 1.72 bits per heavy atom. The SMILES string of the molecule is CC#CC(=O)N1CC(S(=O)(=O)c2ccc(N3CC(O)(CN4CCC([C@@](CN5CCC5)(c5cccc(F)c5)[C@H]5CCC[C@@H]5NC(=O)OC)CC4)C3)cc2)C1. The number of piperidine rings is 1. The summed E-state index contributed by atoms with van der Waals surface area (Å²) in [5.41, 5.74) is 0.637. The van der Waals surface area contributed by atoms with Crippen molar-refractivity contribution in [1.82, 2.24) is 20.0 Å². The number of carbonyl (C=O) groups excluding carboxylic acids is 2. The van der Waals surface area contributed by atoms with Gasteiger partial charge in [-0.3, -0.25) is 4.79 Å². The number of likely N-dealkylation sites (tertiary alicyclic amines) is 3. The predicted molar refractivity (Wildman–Crippen MR) is 200 cm³/mol. The van der Waals surface area contributed by atoms with Crippen LogP contribution in [0.15, 0.2) is 53.4 Å². The molecule has 0 radical (unpaired) electrons. The zero-order chi connectivity index (χ0) is 37.4. The highest BCUT2D eigenvalue weighted by Gasteiger charge is 2.53. The van der Waals surface area contributed by atoms with E-state index in [1.54, 1.807) is 37.3 Å².